The molecule has 4 heteroatoms. The molecule has 0 saturated heterocycles. The lowest BCUT2D eigenvalue weighted by Gasteiger charge is -2.03. The van der Waals surface area contributed by atoms with Crippen LogP contribution in [0.1, 0.15) is 5.56 Å². The second-order valence-corrected chi connectivity index (χ2v) is 3.41. The van der Waals surface area contributed by atoms with E-state index in [1.54, 1.807) is 24.3 Å². The highest BCUT2D eigenvalue weighted by atomic mass is 35.5. The minimum Gasteiger partial charge on any atom is -0.392 e. The molecule has 0 unspecified atom stereocenters. The fourth-order valence-corrected chi connectivity index (χ4v) is 1.53. The number of aliphatic hydroxyl groups is 1. The second kappa shape index (κ2) is 3.60. The number of nitrogens with zero attached hydrogens (tertiary/aromatic N) is 1. The summed E-state index contributed by atoms with van der Waals surface area (Å²) in [4.78, 5) is 4.14. The molecular weight excluding hydrogens is 196 g/mol. The van der Waals surface area contributed by atoms with Crippen LogP contribution in [-0.4, -0.2) is 17.9 Å². The molecule has 0 amide bonds. The Morgan fingerprint density at radius 1 is 1.36 bits per heavy atom. The Morgan fingerprint density at radius 3 is 2.86 bits per heavy atom. The van der Waals surface area contributed by atoms with E-state index in [1.807, 2.05) is 0 Å². The summed E-state index contributed by atoms with van der Waals surface area (Å²) in [6.07, 6.45) is 0. The number of rotatable bonds is 1. The number of aliphatic hydroxyl groups excluding tert-OH is 1. The van der Waals surface area contributed by atoms with Crippen LogP contribution in [0.2, 0.25) is 5.15 Å². The maximum atomic E-state index is 8.99. The Labute approximate surface area is 87.9 Å². The molecule has 0 bridgehead atoms. The normalized spacial score (nSPS) is 10.7. The average Bonchev–Trinajstić information content (AvgIpc) is 2.17. The van der Waals surface area contributed by atoms with E-state index in [4.69, 9.17) is 24.6 Å². The minimum atomic E-state index is -0.115. The van der Waals surface area contributed by atoms with Crippen molar-refractivity contribution in [2.45, 2.75) is 6.61 Å². The standard InChI is InChI=1S/C10H7BClNO/c11-8-1-2-9-6(4-8)3-7(5-14)10(12)13-9/h1-4,14H,5H2. The first-order chi connectivity index (χ1) is 6.70. The van der Waals surface area contributed by atoms with E-state index in [1.165, 1.54) is 0 Å². The Hall–Kier alpha value is -1.06. The molecule has 68 valence electrons. The number of aromatic nitrogens is 1. The van der Waals surface area contributed by atoms with Crippen molar-refractivity contribution in [3.05, 3.63) is 35.0 Å². The van der Waals surface area contributed by atoms with Gasteiger partial charge in [0.25, 0.3) is 0 Å². The van der Waals surface area contributed by atoms with Crippen molar-refractivity contribution in [2.75, 3.05) is 0 Å². The van der Waals surface area contributed by atoms with Crippen molar-refractivity contribution in [3.63, 3.8) is 0 Å². The number of pyridine rings is 1. The molecule has 0 spiro atoms. The SMILES string of the molecule is [B]c1ccc2nc(Cl)c(CO)cc2c1. The van der Waals surface area contributed by atoms with Crippen LogP contribution in [0.25, 0.3) is 10.9 Å². The number of halogens is 1. The van der Waals surface area contributed by atoms with Gasteiger partial charge in [0.1, 0.15) is 13.0 Å². The highest BCUT2D eigenvalue weighted by Crippen LogP contribution is 2.19. The van der Waals surface area contributed by atoms with Crippen LogP contribution in [0.5, 0.6) is 0 Å². The summed E-state index contributed by atoms with van der Waals surface area (Å²) in [6, 6.07) is 7.17. The smallest absolute Gasteiger partial charge is 0.135 e. The summed E-state index contributed by atoms with van der Waals surface area (Å²) in [5, 5.41) is 10.2. The zero-order valence-corrected chi connectivity index (χ0v) is 8.12. The summed E-state index contributed by atoms with van der Waals surface area (Å²) in [6.45, 7) is -0.115. The van der Waals surface area contributed by atoms with E-state index >= 15 is 0 Å². The molecule has 1 heterocycles. The van der Waals surface area contributed by atoms with Crippen molar-refractivity contribution < 1.29 is 5.11 Å². The van der Waals surface area contributed by atoms with Gasteiger partial charge in [0.15, 0.2) is 0 Å². The molecule has 1 aromatic heterocycles. The van der Waals surface area contributed by atoms with E-state index in [0.29, 0.717) is 16.2 Å². The first kappa shape index (κ1) is 9.50. The molecule has 0 aliphatic heterocycles. The monoisotopic (exact) mass is 203 g/mol. The van der Waals surface area contributed by atoms with Gasteiger partial charge in [-0.05, 0) is 12.1 Å². The molecule has 0 aliphatic carbocycles. The Morgan fingerprint density at radius 2 is 2.14 bits per heavy atom. The number of benzene rings is 1. The molecule has 2 nitrogen and oxygen atoms in total. The highest BCUT2D eigenvalue weighted by molar-refractivity contribution is 6.33. The maximum absolute atomic E-state index is 8.99. The molecule has 14 heavy (non-hydrogen) atoms. The summed E-state index contributed by atoms with van der Waals surface area (Å²) < 4.78 is 0. The van der Waals surface area contributed by atoms with E-state index in [0.717, 1.165) is 10.9 Å². The molecule has 0 atom stereocenters. The number of hydrogen-bond donors (Lipinski definition) is 1. The molecule has 2 aromatic rings. The van der Waals surface area contributed by atoms with E-state index < -0.39 is 0 Å². The van der Waals surface area contributed by atoms with E-state index in [2.05, 4.69) is 4.98 Å². The fraction of sp³-hybridized carbons (Fsp3) is 0.100. The van der Waals surface area contributed by atoms with Gasteiger partial charge in [-0.3, -0.25) is 0 Å². The van der Waals surface area contributed by atoms with Crippen molar-refractivity contribution in [1.29, 1.82) is 0 Å². The first-order valence-electron chi connectivity index (χ1n) is 4.16. The molecule has 2 radical (unpaired) electrons. The Bertz CT molecular complexity index is 487. The third-order valence-electron chi connectivity index (χ3n) is 2.04. The van der Waals surface area contributed by atoms with Gasteiger partial charge < -0.3 is 5.11 Å². The predicted molar refractivity (Wildman–Crippen MR) is 58.1 cm³/mol. The second-order valence-electron chi connectivity index (χ2n) is 3.05. The minimum absolute atomic E-state index is 0.115. The van der Waals surface area contributed by atoms with Crippen LogP contribution in [0.15, 0.2) is 24.3 Å². The molecule has 0 saturated carbocycles. The van der Waals surface area contributed by atoms with Crippen LogP contribution < -0.4 is 5.46 Å². The number of hydrogen-bond acceptors (Lipinski definition) is 2. The summed E-state index contributed by atoms with van der Waals surface area (Å²) in [7, 11) is 5.63. The van der Waals surface area contributed by atoms with E-state index in [9.17, 15) is 0 Å². The molecule has 2 rings (SSSR count). The molecule has 0 aliphatic rings. The van der Waals surface area contributed by atoms with Crippen molar-refractivity contribution in [1.82, 2.24) is 4.98 Å². The van der Waals surface area contributed by atoms with Crippen molar-refractivity contribution in [2.24, 2.45) is 0 Å². The lowest BCUT2D eigenvalue weighted by molar-refractivity contribution is 0.281. The number of fused-ring (bicyclic) bond motifs is 1. The third-order valence-corrected chi connectivity index (χ3v) is 2.36. The summed E-state index contributed by atoms with van der Waals surface area (Å²) in [5.74, 6) is 0. The van der Waals surface area contributed by atoms with Gasteiger partial charge in [-0.25, -0.2) is 4.98 Å². The fourth-order valence-electron chi connectivity index (χ4n) is 1.33. The van der Waals surface area contributed by atoms with E-state index in [-0.39, 0.29) is 6.61 Å². The first-order valence-corrected chi connectivity index (χ1v) is 4.54. The largest absolute Gasteiger partial charge is 0.392 e. The lowest BCUT2D eigenvalue weighted by atomic mass is 9.94. The summed E-state index contributed by atoms with van der Waals surface area (Å²) >= 11 is 5.84. The van der Waals surface area contributed by atoms with Gasteiger partial charge in [-0.15, -0.1) is 0 Å². The average molecular weight is 203 g/mol. The maximum Gasteiger partial charge on any atom is 0.135 e. The third kappa shape index (κ3) is 1.61. The van der Waals surface area contributed by atoms with Gasteiger partial charge in [0, 0.05) is 10.9 Å². The Balaban J connectivity index is 2.73. The van der Waals surface area contributed by atoms with Gasteiger partial charge in [0.2, 0.25) is 0 Å². The molecule has 1 N–H and O–H groups in total. The predicted octanol–water partition coefficient (Wildman–Crippen LogP) is 1.17. The lowest BCUT2D eigenvalue weighted by Crippen LogP contribution is -2.01. The zero-order valence-electron chi connectivity index (χ0n) is 7.37. The summed E-state index contributed by atoms with van der Waals surface area (Å²) in [5.41, 5.74) is 2.07. The topological polar surface area (TPSA) is 33.1 Å². The van der Waals surface area contributed by atoms with Crippen LogP contribution in [0, 0.1) is 0 Å². The van der Waals surface area contributed by atoms with Gasteiger partial charge in [0.05, 0.1) is 12.1 Å². The zero-order chi connectivity index (χ0) is 10.1. The molecule has 0 fully saturated rings. The van der Waals surface area contributed by atoms with Crippen LogP contribution in [0.3, 0.4) is 0 Å². The van der Waals surface area contributed by atoms with Crippen LogP contribution in [0.4, 0.5) is 0 Å². The quantitative estimate of drug-likeness (QED) is 0.558. The van der Waals surface area contributed by atoms with Gasteiger partial charge in [-0.2, -0.15) is 0 Å². The van der Waals surface area contributed by atoms with Gasteiger partial charge >= 0.3 is 0 Å². The van der Waals surface area contributed by atoms with Crippen molar-refractivity contribution in [3.8, 4) is 0 Å². The molecular formula is C10H7BClNO. The van der Waals surface area contributed by atoms with Crippen molar-refractivity contribution >= 4 is 35.8 Å². The van der Waals surface area contributed by atoms with Crippen LogP contribution >= 0.6 is 11.6 Å². The highest BCUT2D eigenvalue weighted by Gasteiger charge is 2.03. The molecule has 1 aromatic carbocycles. The van der Waals surface area contributed by atoms with Crippen LogP contribution in [-0.2, 0) is 6.61 Å². The van der Waals surface area contributed by atoms with Gasteiger partial charge in [-0.1, -0.05) is 29.2 Å². The Kier molecular flexibility index (Phi) is 2.44.